The molecule has 0 spiro atoms. The molecule has 3 rings (SSSR count). The van der Waals surface area contributed by atoms with Crippen molar-refractivity contribution in [2.24, 2.45) is 0 Å². The van der Waals surface area contributed by atoms with Gasteiger partial charge in [0, 0.05) is 6.54 Å². The second kappa shape index (κ2) is 7.63. The molecule has 118 valence electrons. The van der Waals surface area contributed by atoms with E-state index in [1.807, 2.05) is 65.6 Å². The van der Waals surface area contributed by atoms with Crippen molar-refractivity contribution < 1.29 is 9.53 Å². The van der Waals surface area contributed by atoms with Crippen molar-refractivity contribution >= 4 is 6.09 Å². The molecule has 0 fully saturated rings. The first kappa shape index (κ1) is 15.3. The fourth-order valence-corrected chi connectivity index (χ4v) is 2.78. The van der Waals surface area contributed by atoms with Crippen molar-refractivity contribution in [1.82, 2.24) is 4.90 Å². The Kier molecular flexibility index (Phi) is 5.09. The van der Waals surface area contributed by atoms with E-state index in [0.717, 1.165) is 24.0 Å². The molecule has 0 saturated heterocycles. The Morgan fingerprint density at radius 3 is 2.26 bits per heavy atom. The van der Waals surface area contributed by atoms with Gasteiger partial charge >= 0.3 is 6.09 Å². The van der Waals surface area contributed by atoms with Crippen LogP contribution < -0.4 is 0 Å². The predicted molar refractivity (Wildman–Crippen MR) is 90.8 cm³/mol. The smallest absolute Gasteiger partial charge is 0.410 e. The number of carbonyl (C=O) groups is 1. The van der Waals surface area contributed by atoms with E-state index in [-0.39, 0.29) is 12.1 Å². The van der Waals surface area contributed by atoms with Gasteiger partial charge in [0.05, 0.1) is 6.04 Å². The molecule has 0 N–H and O–H groups in total. The average molecular weight is 307 g/mol. The summed E-state index contributed by atoms with van der Waals surface area (Å²) in [6, 6.07) is 19.9. The second-order valence-corrected chi connectivity index (χ2v) is 5.73. The summed E-state index contributed by atoms with van der Waals surface area (Å²) >= 11 is 0. The highest BCUT2D eigenvalue weighted by Gasteiger charge is 2.25. The molecule has 2 aromatic rings. The first-order valence-corrected chi connectivity index (χ1v) is 8.01. The van der Waals surface area contributed by atoms with Crippen molar-refractivity contribution in [3.63, 3.8) is 0 Å². The van der Waals surface area contributed by atoms with Crippen LogP contribution in [-0.4, -0.2) is 17.0 Å². The van der Waals surface area contributed by atoms with Gasteiger partial charge in [-0.3, -0.25) is 4.90 Å². The lowest BCUT2D eigenvalue weighted by atomic mass is 10.1. The highest BCUT2D eigenvalue weighted by atomic mass is 16.6. The molecule has 2 aromatic carbocycles. The normalized spacial score (nSPS) is 16.3. The first-order chi connectivity index (χ1) is 11.3. The maximum absolute atomic E-state index is 12.6. The molecule has 1 atom stereocenters. The fraction of sp³-hybridized carbons (Fsp3) is 0.250. The van der Waals surface area contributed by atoms with E-state index in [1.54, 1.807) is 0 Å². The standard InChI is InChI=1S/C20H21NO2/c22-20(23-16-18-11-5-2-6-12-18)21(19-13-7-8-14-19)15-17-9-3-1-4-10-17/h1-7,9-13,19H,8,14-16H2/t19-/m1/s1. The van der Waals surface area contributed by atoms with E-state index in [1.165, 1.54) is 0 Å². The number of benzene rings is 2. The molecular formula is C20H21NO2. The molecule has 3 nitrogen and oxygen atoms in total. The molecular weight excluding hydrogens is 286 g/mol. The minimum Gasteiger partial charge on any atom is -0.445 e. The number of ether oxygens (including phenoxy) is 1. The Bertz CT molecular complexity index is 652. The zero-order valence-electron chi connectivity index (χ0n) is 13.1. The molecule has 23 heavy (non-hydrogen) atoms. The van der Waals surface area contributed by atoms with Gasteiger partial charge < -0.3 is 4.74 Å². The van der Waals surface area contributed by atoms with E-state index in [2.05, 4.69) is 12.2 Å². The summed E-state index contributed by atoms with van der Waals surface area (Å²) in [4.78, 5) is 14.4. The number of nitrogens with zero attached hydrogens (tertiary/aromatic N) is 1. The third-order valence-corrected chi connectivity index (χ3v) is 4.02. The molecule has 3 heteroatoms. The van der Waals surface area contributed by atoms with Crippen LogP contribution in [0.15, 0.2) is 72.8 Å². The number of amides is 1. The number of hydrogen-bond acceptors (Lipinski definition) is 2. The van der Waals surface area contributed by atoms with Gasteiger partial charge in [0.1, 0.15) is 6.61 Å². The van der Waals surface area contributed by atoms with Crippen LogP contribution in [0.1, 0.15) is 24.0 Å². The van der Waals surface area contributed by atoms with E-state index >= 15 is 0 Å². The Hall–Kier alpha value is -2.55. The molecule has 0 radical (unpaired) electrons. The number of carbonyl (C=O) groups excluding carboxylic acids is 1. The Morgan fingerprint density at radius 2 is 1.65 bits per heavy atom. The monoisotopic (exact) mass is 307 g/mol. The van der Waals surface area contributed by atoms with Crippen molar-refractivity contribution in [2.75, 3.05) is 0 Å². The quantitative estimate of drug-likeness (QED) is 0.759. The second-order valence-electron chi connectivity index (χ2n) is 5.73. The highest BCUT2D eigenvalue weighted by molar-refractivity contribution is 5.68. The number of hydrogen-bond donors (Lipinski definition) is 0. The lowest BCUT2D eigenvalue weighted by Crippen LogP contribution is -2.38. The third kappa shape index (κ3) is 4.22. The van der Waals surface area contributed by atoms with Crippen molar-refractivity contribution in [2.45, 2.75) is 32.0 Å². The summed E-state index contributed by atoms with van der Waals surface area (Å²) in [6.45, 7) is 0.880. The van der Waals surface area contributed by atoms with E-state index < -0.39 is 0 Å². The van der Waals surface area contributed by atoms with E-state index in [0.29, 0.717) is 13.2 Å². The number of rotatable bonds is 5. The van der Waals surface area contributed by atoms with Crippen LogP contribution in [-0.2, 0) is 17.9 Å². The molecule has 1 aliphatic rings. The molecule has 0 heterocycles. The molecule has 0 bridgehead atoms. The average Bonchev–Trinajstić information content (AvgIpc) is 3.14. The van der Waals surface area contributed by atoms with Gasteiger partial charge in [-0.05, 0) is 24.0 Å². The van der Waals surface area contributed by atoms with E-state index in [4.69, 9.17) is 4.74 Å². The third-order valence-electron chi connectivity index (χ3n) is 4.02. The van der Waals surface area contributed by atoms with Crippen LogP contribution in [0.25, 0.3) is 0 Å². The molecule has 0 aromatic heterocycles. The topological polar surface area (TPSA) is 29.5 Å². The molecule has 1 aliphatic carbocycles. The van der Waals surface area contributed by atoms with Gasteiger partial charge in [0.2, 0.25) is 0 Å². The zero-order chi connectivity index (χ0) is 15.9. The van der Waals surface area contributed by atoms with Crippen molar-refractivity contribution in [1.29, 1.82) is 0 Å². The minimum atomic E-state index is -0.255. The molecule has 0 aliphatic heterocycles. The van der Waals surface area contributed by atoms with Crippen molar-refractivity contribution in [3.05, 3.63) is 83.9 Å². The summed E-state index contributed by atoms with van der Waals surface area (Å²) in [6.07, 6.45) is 5.96. The van der Waals surface area contributed by atoms with Gasteiger partial charge in [0.25, 0.3) is 0 Å². The summed E-state index contributed by atoms with van der Waals surface area (Å²) < 4.78 is 5.53. The summed E-state index contributed by atoms with van der Waals surface area (Å²) in [5.41, 5.74) is 2.12. The van der Waals surface area contributed by atoms with Crippen LogP contribution >= 0.6 is 0 Å². The van der Waals surface area contributed by atoms with E-state index in [9.17, 15) is 4.79 Å². The van der Waals surface area contributed by atoms with Gasteiger partial charge in [-0.2, -0.15) is 0 Å². The van der Waals surface area contributed by atoms with Crippen LogP contribution in [0.3, 0.4) is 0 Å². The fourth-order valence-electron chi connectivity index (χ4n) is 2.78. The Balaban J connectivity index is 1.67. The van der Waals surface area contributed by atoms with Crippen LogP contribution in [0.2, 0.25) is 0 Å². The number of allylic oxidation sites excluding steroid dienone is 1. The SMILES string of the molecule is O=C(OCc1ccccc1)N(Cc1ccccc1)[C@@H]1C=CCC1. The van der Waals surface area contributed by atoms with Crippen molar-refractivity contribution in [3.8, 4) is 0 Å². The van der Waals surface area contributed by atoms with Crippen LogP contribution in [0, 0.1) is 0 Å². The van der Waals surface area contributed by atoms with Gasteiger partial charge in [-0.15, -0.1) is 0 Å². The summed E-state index contributed by atoms with van der Waals surface area (Å²) in [5, 5.41) is 0. The maximum atomic E-state index is 12.6. The Labute approximate surface area is 137 Å². The van der Waals surface area contributed by atoms with Gasteiger partial charge in [-0.25, -0.2) is 4.79 Å². The largest absolute Gasteiger partial charge is 0.445 e. The summed E-state index contributed by atoms with van der Waals surface area (Å²) in [5.74, 6) is 0. The zero-order valence-corrected chi connectivity index (χ0v) is 13.1. The van der Waals surface area contributed by atoms with Gasteiger partial charge in [-0.1, -0.05) is 72.8 Å². The maximum Gasteiger partial charge on any atom is 0.410 e. The van der Waals surface area contributed by atoms with Crippen LogP contribution in [0.5, 0.6) is 0 Å². The first-order valence-electron chi connectivity index (χ1n) is 8.01. The highest BCUT2D eigenvalue weighted by Crippen LogP contribution is 2.20. The minimum absolute atomic E-state index is 0.124. The molecule has 0 unspecified atom stereocenters. The molecule has 0 saturated carbocycles. The van der Waals surface area contributed by atoms with Crippen LogP contribution in [0.4, 0.5) is 4.79 Å². The summed E-state index contributed by atoms with van der Waals surface area (Å²) in [7, 11) is 0. The van der Waals surface area contributed by atoms with Gasteiger partial charge in [0.15, 0.2) is 0 Å². The Morgan fingerprint density at radius 1 is 1.00 bits per heavy atom. The predicted octanol–water partition coefficient (Wildman–Crippen LogP) is 4.54. The lowest BCUT2D eigenvalue weighted by Gasteiger charge is -2.27. The lowest BCUT2D eigenvalue weighted by molar-refractivity contribution is 0.0842. The molecule has 1 amide bonds.